The number of hydrogen-bond donors (Lipinski definition) is 0. The van der Waals surface area contributed by atoms with Gasteiger partial charge < -0.3 is 13.4 Å². The van der Waals surface area contributed by atoms with Crippen LogP contribution in [0.5, 0.6) is 0 Å². The maximum Gasteiger partial charge on any atom is 0.164 e. The lowest BCUT2D eigenvalue weighted by Gasteiger charge is -2.12. The van der Waals surface area contributed by atoms with Crippen LogP contribution in [0, 0.1) is 0 Å². The molecule has 0 bridgehead atoms. The van der Waals surface area contributed by atoms with E-state index in [1.54, 1.807) is 0 Å². The van der Waals surface area contributed by atoms with Crippen LogP contribution in [0.1, 0.15) is 0 Å². The maximum atomic E-state index is 7.05. The average molecular weight is 883 g/mol. The molecule has 10 aromatic carbocycles. The molecule has 4 aromatic heterocycles. The van der Waals surface area contributed by atoms with Crippen molar-refractivity contribution < 1.29 is 8.83 Å². The molecule has 0 aliphatic rings. The molecule has 0 N–H and O–H groups in total. The van der Waals surface area contributed by atoms with E-state index in [2.05, 4.69) is 187 Å². The molecule has 0 amide bonds. The molecule has 0 spiro atoms. The Kier molecular flexibility index (Phi) is 8.79. The van der Waals surface area contributed by atoms with Crippen molar-refractivity contribution in [3.05, 3.63) is 231 Å². The number of aromatic nitrogens is 4. The molecular weight excluding hydrogens is 845 g/mol. The van der Waals surface area contributed by atoms with Gasteiger partial charge in [0, 0.05) is 49.0 Å². The Hall–Kier alpha value is -9.39. The Morgan fingerprint density at radius 1 is 0.290 bits per heavy atom. The SMILES string of the molecule is c1ccc(-c2ccc(-c3nc(-c4ccccc4)nc(-c4cc(-c5cccc6oc7c(-n8c9ccccc9c9cc(-c%10ccccc%10)ccc98)cccc7c56)c5c(c4)oc4ccccc45)n3)cc2)cc1. The molecule has 14 aromatic rings. The molecule has 322 valence electrons. The van der Waals surface area contributed by atoms with E-state index < -0.39 is 0 Å². The smallest absolute Gasteiger partial charge is 0.164 e. The zero-order chi connectivity index (χ0) is 45.4. The van der Waals surface area contributed by atoms with Crippen molar-refractivity contribution in [3.63, 3.8) is 0 Å². The number of rotatable bonds is 7. The van der Waals surface area contributed by atoms with Crippen LogP contribution in [0.4, 0.5) is 0 Å². The molecular formula is C63H38N4O2. The molecule has 69 heavy (non-hydrogen) atoms. The number of furan rings is 2. The quantitative estimate of drug-likeness (QED) is 0.159. The van der Waals surface area contributed by atoms with Gasteiger partial charge >= 0.3 is 0 Å². The fraction of sp³-hybridized carbons (Fsp3) is 0. The highest BCUT2D eigenvalue weighted by Gasteiger charge is 2.24. The first kappa shape index (κ1) is 38.8. The van der Waals surface area contributed by atoms with E-state index in [9.17, 15) is 0 Å². The third-order valence-electron chi connectivity index (χ3n) is 13.5. The number of hydrogen-bond acceptors (Lipinski definition) is 5. The second-order valence-electron chi connectivity index (χ2n) is 17.5. The molecule has 0 atom stereocenters. The minimum absolute atomic E-state index is 0.544. The molecule has 0 saturated heterocycles. The van der Waals surface area contributed by atoms with Crippen molar-refractivity contribution in [2.75, 3.05) is 0 Å². The third-order valence-corrected chi connectivity index (χ3v) is 13.5. The Morgan fingerprint density at radius 3 is 1.57 bits per heavy atom. The predicted octanol–water partition coefficient (Wildman–Crippen LogP) is 16.8. The van der Waals surface area contributed by atoms with Crippen molar-refractivity contribution in [1.29, 1.82) is 0 Å². The summed E-state index contributed by atoms with van der Waals surface area (Å²) in [5.74, 6) is 1.72. The number of benzene rings is 10. The fourth-order valence-electron chi connectivity index (χ4n) is 10.3. The largest absolute Gasteiger partial charge is 0.456 e. The minimum atomic E-state index is 0.544. The van der Waals surface area contributed by atoms with Gasteiger partial charge in [0.2, 0.25) is 0 Å². The topological polar surface area (TPSA) is 69.9 Å². The predicted molar refractivity (Wildman–Crippen MR) is 281 cm³/mol. The standard InChI is InChI=1S/C63H38N4O2/c1-4-16-39(17-5-1)41-30-32-43(33-31-41)62-64-61(42-20-8-3-9-21-42)65-63(66-62)45-37-51(59-48-23-11-13-28-55(48)68-57(59)38-45)47-24-15-29-56-58(47)49-25-14-27-54(60(49)69-56)67-52-26-12-10-22-46(52)50-36-44(34-35-53(50)67)40-18-6-2-7-19-40/h1-38H. The molecule has 6 heteroatoms. The third kappa shape index (κ3) is 6.38. The van der Waals surface area contributed by atoms with E-state index in [4.69, 9.17) is 23.8 Å². The van der Waals surface area contributed by atoms with Gasteiger partial charge in [-0.3, -0.25) is 0 Å². The van der Waals surface area contributed by atoms with Crippen LogP contribution in [0.25, 0.3) is 139 Å². The summed E-state index contributed by atoms with van der Waals surface area (Å²) in [4.78, 5) is 15.5. The van der Waals surface area contributed by atoms with E-state index in [0.29, 0.717) is 17.5 Å². The molecule has 14 rings (SSSR count). The van der Waals surface area contributed by atoms with Crippen molar-refractivity contribution in [1.82, 2.24) is 19.5 Å². The van der Waals surface area contributed by atoms with E-state index >= 15 is 0 Å². The van der Waals surface area contributed by atoms with Gasteiger partial charge in [-0.25, -0.2) is 15.0 Å². The number of para-hydroxylation sites is 3. The second kappa shape index (κ2) is 15.6. The summed E-state index contributed by atoms with van der Waals surface area (Å²) in [5.41, 5.74) is 15.6. The first-order valence-corrected chi connectivity index (χ1v) is 23.2. The van der Waals surface area contributed by atoms with Crippen LogP contribution in [0.15, 0.2) is 239 Å². The molecule has 0 fully saturated rings. The van der Waals surface area contributed by atoms with Gasteiger partial charge in [0.15, 0.2) is 23.1 Å². The van der Waals surface area contributed by atoms with Gasteiger partial charge in [-0.15, -0.1) is 0 Å². The Labute approximate surface area is 396 Å². The first-order chi connectivity index (χ1) is 34.2. The van der Waals surface area contributed by atoms with Crippen LogP contribution in [-0.2, 0) is 0 Å². The molecule has 0 radical (unpaired) electrons. The summed E-state index contributed by atoms with van der Waals surface area (Å²) < 4.78 is 16.1. The van der Waals surface area contributed by atoms with Gasteiger partial charge in [-0.2, -0.15) is 0 Å². The van der Waals surface area contributed by atoms with Crippen molar-refractivity contribution in [2.45, 2.75) is 0 Å². The summed E-state index contributed by atoms with van der Waals surface area (Å²) in [5, 5.41) is 6.45. The first-order valence-electron chi connectivity index (χ1n) is 23.2. The van der Waals surface area contributed by atoms with Crippen molar-refractivity contribution >= 4 is 65.7 Å². The van der Waals surface area contributed by atoms with Gasteiger partial charge in [-0.1, -0.05) is 182 Å². The van der Waals surface area contributed by atoms with E-state index in [0.717, 1.165) is 99.5 Å². The summed E-state index contributed by atoms with van der Waals surface area (Å²) in [6, 6.07) is 80.3. The van der Waals surface area contributed by atoms with Crippen molar-refractivity contribution in [3.8, 4) is 73.2 Å². The van der Waals surface area contributed by atoms with Gasteiger partial charge in [-0.05, 0) is 81.9 Å². The zero-order valence-electron chi connectivity index (χ0n) is 37.0. The van der Waals surface area contributed by atoms with Gasteiger partial charge in [0.25, 0.3) is 0 Å². The molecule has 0 saturated carbocycles. The van der Waals surface area contributed by atoms with Crippen LogP contribution in [0.2, 0.25) is 0 Å². The number of fused-ring (bicyclic) bond motifs is 9. The highest BCUT2D eigenvalue weighted by Crippen LogP contribution is 2.46. The monoisotopic (exact) mass is 882 g/mol. The second-order valence-corrected chi connectivity index (χ2v) is 17.5. The molecule has 0 unspecified atom stereocenters. The summed E-state index contributed by atoms with van der Waals surface area (Å²) in [6.45, 7) is 0. The van der Waals surface area contributed by atoms with Crippen molar-refractivity contribution in [2.24, 2.45) is 0 Å². The Balaban J connectivity index is 0.980. The fourth-order valence-corrected chi connectivity index (χ4v) is 10.3. The van der Waals surface area contributed by atoms with Crippen LogP contribution < -0.4 is 0 Å². The van der Waals surface area contributed by atoms with Crippen LogP contribution in [0.3, 0.4) is 0 Å². The highest BCUT2D eigenvalue weighted by atomic mass is 16.3. The van der Waals surface area contributed by atoms with E-state index in [1.807, 2.05) is 48.5 Å². The van der Waals surface area contributed by atoms with Gasteiger partial charge in [0.05, 0.1) is 16.7 Å². The molecule has 4 heterocycles. The molecule has 0 aliphatic carbocycles. The lowest BCUT2D eigenvalue weighted by atomic mass is 9.93. The summed E-state index contributed by atoms with van der Waals surface area (Å²) in [7, 11) is 0. The Bertz CT molecular complexity index is 4290. The average Bonchev–Trinajstić information content (AvgIpc) is 4.11. The van der Waals surface area contributed by atoms with E-state index in [1.165, 1.54) is 21.9 Å². The molecule has 0 aliphatic heterocycles. The maximum absolute atomic E-state index is 7.05. The van der Waals surface area contributed by atoms with Crippen LogP contribution >= 0.6 is 0 Å². The molecule has 6 nitrogen and oxygen atoms in total. The van der Waals surface area contributed by atoms with Gasteiger partial charge in [0.1, 0.15) is 16.7 Å². The van der Waals surface area contributed by atoms with Crippen LogP contribution in [-0.4, -0.2) is 19.5 Å². The Morgan fingerprint density at radius 2 is 0.812 bits per heavy atom. The zero-order valence-corrected chi connectivity index (χ0v) is 37.0. The van der Waals surface area contributed by atoms with E-state index in [-0.39, 0.29) is 0 Å². The lowest BCUT2D eigenvalue weighted by molar-refractivity contribution is 0.666. The lowest BCUT2D eigenvalue weighted by Crippen LogP contribution is -2.00. The highest BCUT2D eigenvalue weighted by molar-refractivity contribution is 6.21. The summed E-state index contributed by atoms with van der Waals surface area (Å²) in [6.07, 6.45) is 0. The normalized spacial score (nSPS) is 11.8. The number of nitrogens with zero attached hydrogens (tertiary/aromatic N) is 4. The minimum Gasteiger partial charge on any atom is -0.456 e. The summed E-state index contributed by atoms with van der Waals surface area (Å²) >= 11 is 0.